The molecule has 1 N–H and O–H groups in total. The van der Waals surface area contributed by atoms with Gasteiger partial charge in [-0.3, -0.25) is 9.48 Å². The average Bonchev–Trinajstić information content (AvgIpc) is 2.64. The van der Waals surface area contributed by atoms with Crippen LogP contribution in [-0.4, -0.2) is 47.2 Å². The fourth-order valence-electron chi connectivity index (χ4n) is 2.20. The molecule has 0 aliphatic heterocycles. The van der Waals surface area contributed by atoms with Crippen molar-refractivity contribution in [1.29, 1.82) is 0 Å². The summed E-state index contributed by atoms with van der Waals surface area (Å²) in [5.74, 6) is -1.05. The third-order valence-corrected chi connectivity index (χ3v) is 5.45. The van der Waals surface area contributed by atoms with Crippen LogP contribution in [0.25, 0.3) is 0 Å². The second kappa shape index (κ2) is 7.04. The molecule has 1 aromatic heterocycles. The molecule has 0 aromatic carbocycles. The minimum Gasteiger partial charge on any atom is -0.480 e. The van der Waals surface area contributed by atoms with Crippen LogP contribution in [0, 0.1) is 13.8 Å². The van der Waals surface area contributed by atoms with Crippen LogP contribution in [0.1, 0.15) is 37.6 Å². The molecule has 0 spiro atoms. The van der Waals surface area contributed by atoms with E-state index in [2.05, 4.69) is 12.0 Å². The summed E-state index contributed by atoms with van der Waals surface area (Å²) in [7, 11) is -2.10. The number of aliphatic carboxylic acids is 1. The quantitative estimate of drug-likeness (QED) is 0.732. The highest BCUT2D eigenvalue weighted by molar-refractivity contribution is 7.89. The molecule has 0 aliphatic carbocycles. The van der Waals surface area contributed by atoms with Crippen LogP contribution >= 0.6 is 0 Å². The molecule has 8 heteroatoms. The third kappa shape index (κ3) is 4.04. The van der Waals surface area contributed by atoms with Crippen LogP contribution in [0.5, 0.6) is 0 Å². The molecule has 0 unspecified atom stereocenters. The van der Waals surface area contributed by atoms with Crippen LogP contribution in [0.2, 0.25) is 0 Å². The second-order valence-corrected chi connectivity index (χ2v) is 7.07. The fourth-order valence-corrected chi connectivity index (χ4v) is 3.77. The van der Waals surface area contributed by atoms with Gasteiger partial charge in [0.1, 0.15) is 11.4 Å². The molecule has 1 aromatic rings. The van der Waals surface area contributed by atoms with Crippen molar-refractivity contribution in [1.82, 2.24) is 14.1 Å². The summed E-state index contributed by atoms with van der Waals surface area (Å²) in [6, 6.07) is 0. The van der Waals surface area contributed by atoms with Gasteiger partial charge in [0, 0.05) is 13.6 Å². The highest BCUT2D eigenvalue weighted by Gasteiger charge is 2.28. The van der Waals surface area contributed by atoms with Crippen LogP contribution in [0.4, 0.5) is 0 Å². The molecule has 120 valence electrons. The molecule has 0 fully saturated rings. The van der Waals surface area contributed by atoms with E-state index in [0.717, 1.165) is 19.3 Å². The van der Waals surface area contributed by atoms with E-state index in [4.69, 9.17) is 5.11 Å². The van der Waals surface area contributed by atoms with Gasteiger partial charge in [0.2, 0.25) is 10.0 Å². The Morgan fingerprint density at radius 1 is 1.33 bits per heavy atom. The minimum absolute atomic E-state index is 0.114. The number of aryl methyl sites for hydroxylation is 1. The third-order valence-electron chi connectivity index (χ3n) is 3.34. The van der Waals surface area contributed by atoms with Crippen LogP contribution in [0.15, 0.2) is 4.90 Å². The van der Waals surface area contributed by atoms with Gasteiger partial charge in [-0.1, -0.05) is 19.8 Å². The molecule has 0 saturated heterocycles. The Hall–Kier alpha value is -1.41. The SMILES string of the molecule is CCCCCN(C)S(=O)(=O)c1c(C)nn(CC(=O)O)c1C. The van der Waals surface area contributed by atoms with Crippen molar-refractivity contribution >= 4 is 16.0 Å². The number of carbonyl (C=O) groups is 1. The molecule has 0 aliphatic rings. The Bertz CT molecular complexity index is 607. The number of carboxylic acid groups (broad SMARTS) is 1. The van der Waals surface area contributed by atoms with E-state index in [1.165, 1.54) is 8.99 Å². The first kappa shape index (κ1) is 17.6. The van der Waals surface area contributed by atoms with Crippen molar-refractivity contribution in [3.63, 3.8) is 0 Å². The predicted octanol–water partition coefficient (Wildman–Crippen LogP) is 1.40. The second-order valence-electron chi connectivity index (χ2n) is 5.09. The molecule has 1 heterocycles. The van der Waals surface area contributed by atoms with Gasteiger partial charge in [-0.15, -0.1) is 0 Å². The predicted molar refractivity (Wildman–Crippen MR) is 78.7 cm³/mol. The molecular formula is C13H23N3O4S. The molecule has 0 atom stereocenters. The summed E-state index contributed by atoms with van der Waals surface area (Å²) in [5, 5.41) is 12.9. The van der Waals surface area contributed by atoms with Gasteiger partial charge >= 0.3 is 5.97 Å². The molecule has 1 rings (SSSR count). The molecule has 0 amide bonds. The normalized spacial score (nSPS) is 12.0. The molecular weight excluding hydrogens is 294 g/mol. The Kier molecular flexibility index (Phi) is 5.91. The molecule has 0 saturated carbocycles. The maximum absolute atomic E-state index is 12.6. The topological polar surface area (TPSA) is 92.5 Å². The van der Waals surface area contributed by atoms with E-state index in [0.29, 0.717) is 17.9 Å². The number of hydrogen-bond donors (Lipinski definition) is 1. The zero-order valence-electron chi connectivity index (χ0n) is 13.0. The van der Waals surface area contributed by atoms with Gasteiger partial charge in [0.05, 0.1) is 11.4 Å². The van der Waals surface area contributed by atoms with Gasteiger partial charge in [-0.05, 0) is 20.3 Å². The van der Waals surface area contributed by atoms with Crippen molar-refractivity contribution < 1.29 is 18.3 Å². The van der Waals surface area contributed by atoms with Gasteiger partial charge in [0.15, 0.2) is 0 Å². The zero-order chi connectivity index (χ0) is 16.2. The lowest BCUT2D eigenvalue weighted by Gasteiger charge is -2.17. The number of rotatable bonds is 8. The zero-order valence-corrected chi connectivity index (χ0v) is 13.8. The minimum atomic E-state index is -3.64. The summed E-state index contributed by atoms with van der Waals surface area (Å²) in [6.07, 6.45) is 2.78. The summed E-state index contributed by atoms with van der Waals surface area (Å²) >= 11 is 0. The van der Waals surface area contributed by atoms with Crippen molar-refractivity contribution in [2.75, 3.05) is 13.6 Å². The summed E-state index contributed by atoms with van der Waals surface area (Å²) in [6.45, 7) is 5.31. The van der Waals surface area contributed by atoms with Gasteiger partial charge < -0.3 is 5.11 Å². The number of carboxylic acids is 1. The number of sulfonamides is 1. The lowest BCUT2D eigenvalue weighted by atomic mass is 10.2. The fraction of sp³-hybridized carbons (Fsp3) is 0.692. The first-order valence-corrected chi connectivity index (χ1v) is 8.38. The standard InChI is InChI=1S/C13H23N3O4S/c1-5-6-7-8-15(4)21(19,20)13-10(2)14-16(11(13)3)9-12(17)18/h5-9H2,1-4H3,(H,17,18). The maximum atomic E-state index is 12.6. The molecule has 21 heavy (non-hydrogen) atoms. The van der Waals surface area contributed by atoms with Crippen LogP contribution in [0.3, 0.4) is 0 Å². The van der Waals surface area contributed by atoms with Crippen LogP contribution in [-0.2, 0) is 21.4 Å². The van der Waals surface area contributed by atoms with E-state index in [1.807, 2.05) is 0 Å². The maximum Gasteiger partial charge on any atom is 0.325 e. The number of nitrogens with zero attached hydrogens (tertiary/aromatic N) is 3. The molecule has 7 nitrogen and oxygen atoms in total. The van der Waals surface area contributed by atoms with E-state index >= 15 is 0 Å². The first-order valence-electron chi connectivity index (χ1n) is 6.94. The van der Waals surface area contributed by atoms with Crippen molar-refractivity contribution in [3.8, 4) is 0 Å². The van der Waals surface area contributed by atoms with E-state index in [-0.39, 0.29) is 11.4 Å². The summed E-state index contributed by atoms with van der Waals surface area (Å²) in [5.41, 5.74) is 0.688. The highest BCUT2D eigenvalue weighted by Crippen LogP contribution is 2.23. The van der Waals surface area contributed by atoms with Gasteiger partial charge in [-0.2, -0.15) is 5.10 Å². The number of hydrogen-bond acceptors (Lipinski definition) is 4. The Morgan fingerprint density at radius 2 is 1.95 bits per heavy atom. The Labute approximate surface area is 125 Å². The molecule has 0 bridgehead atoms. The van der Waals surface area contributed by atoms with E-state index in [1.54, 1.807) is 20.9 Å². The number of unbranched alkanes of at least 4 members (excludes halogenated alkanes) is 2. The number of aromatic nitrogens is 2. The summed E-state index contributed by atoms with van der Waals surface area (Å²) < 4.78 is 27.7. The van der Waals surface area contributed by atoms with E-state index in [9.17, 15) is 13.2 Å². The smallest absolute Gasteiger partial charge is 0.325 e. The summed E-state index contributed by atoms with van der Waals surface area (Å²) in [4.78, 5) is 10.9. The monoisotopic (exact) mass is 317 g/mol. The van der Waals surface area contributed by atoms with Crippen molar-refractivity contribution in [2.24, 2.45) is 0 Å². The van der Waals surface area contributed by atoms with Crippen molar-refractivity contribution in [3.05, 3.63) is 11.4 Å². The first-order chi connectivity index (χ1) is 9.71. The highest BCUT2D eigenvalue weighted by atomic mass is 32.2. The Balaban J connectivity index is 3.08. The lowest BCUT2D eigenvalue weighted by Crippen LogP contribution is -2.29. The lowest BCUT2D eigenvalue weighted by molar-refractivity contribution is -0.137. The van der Waals surface area contributed by atoms with Crippen molar-refractivity contribution in [2.45, 2.75) is 51.5 Å². The van der Waals surface area contributed by atoms with Gasteiger partial charge in [0.25, 0.3) is 0 Å². The average molecular weight is 317 g/mol. The van der Waals surface area contributed by atoms with Gasteiger partial charge in [-0.25, -0.2) is 12.7 Å². The van der Waals surface area contributed by atoms with E-state index < -0.39 is 16.0 Å². The Morgan fingerprint density at radius 3 is 2.48 bits per heavy atom. The van der Waals surface area contributed by atoms with Crippen LogP contribution < -0.4 is 0 Å². The molecule has 0 radical (unpaired) electrons. The largest absolute Gasteiger partial charge is 0.480 e.